The van der Waals surface area contributed by atoms with Gasteiger partial charge in [0.15, 0.2) is 0 Å². The average Bonchev–Trinajstić information content (AvgIpc) is 2.58. The highest BCUT2D eigenvalue weighted by Crippen LogP contribution is 2.34. The highest BCUT2D eigenvalue weighted by Gasteiger charge is 2.32. The normalized spacial score (nSPS) is 21.6. The SMILES string of the molecule is CC1(C)CCCN(C[C@H](O)c2ccc3c(c2)CCCN3C(=O)C(C)(C)C)C1. The van der Waals surface area contributed by atoms with Gasteiger partial charge >= 0.3 is 0 Å². The predicted molar refractivity (Wildman–Crippen MR) is 111 cm³/mol. The Morgan fingerprint density at radius 2 is 1.96 bits per heavy atom. The summed E-state index contributed by atoms with van der Waals surface area (Å²) in [6.07, 6.45) is 3.94. The van der Waals surface area contributed by atoms with E-state index >= 15 is 0 Å². The molecule has 2 aliphatic rings. The molecule has 150 valence electrons. The molecule has 4 nitrogen and oxygen atoms in total. The van der Waals surface area contributed by atoms with Crippen molar-refractivity contribution in [1.82, 2.24) is 4.90 Å². The Kier molecular flexibility index (Phi) is 5.69. The van der Waals surface area contributed by atoms with Gasteiger partial charge in [0.05, 0.1) is 6.10 Å². The fraction of sp³-hybridized carbons (Fsp3) is 0.696. The van der Waals surface area contributed by atoms with Crippen molar-refractivity contribution >= 4 is 11.6 Å². The summed E-state index contributed by atoms with van der Waals surface area (Å²) in [6, 6.07) is 6.17. The van der Waals surface area contributed by atoms with Crippen LogP contribution in [-0.4, -0.2) is 42.1 Å². The summed E-state index contributed by atoms with van der Waals surface area (Å²) in [4.78, 5) is 17.1. The number of aryl methyl sites for hydroxylation is 1. The first-order valence-electron chi connectivity index (χ1n) is 10.4. The van der Waals surface area contributed by atoms with Gasteiger partial charge in [-0.05, 0) is 54.8 Å². The molecule has 2 heterocycles. The van der Waals surface area contributed by atoms with E-state index in [1.165, 1.54) is 18.4 Å². The number of piperidine rings is 1. The molecule has 1 saturated heterocycles. The number of nitrogens with zero attached hydrogens (tertiary/aromatic N) is 2. The molecule has 1 N–H and O–H groups in total. The molecule has 0 aromatic heterocycles. The molecule has 3 rings (SSSR count). The van der Waals surface area contributed by atoms with Crippen LogP contribution in [0.5, 0.6) is 0 Å². The maximum Gasteiger partial charge on any atom is 0.232 e. The summed E-state index contributed by atoms with van der Waals surface area (Å²) in [5, 5.41) is 10.8. The van der Waals surface area contributed by atoms with E-state index in [0.717, 1.165) is 43.7 Å². The lowest BCUT2D eigenvalue weighted by molar-refractivity contribution is -0.125. The van der Waals surface area contributed by atoms with Crippen LogP contribution in [0.3, 0.4) is 0 Å². The second-order valence-electron chi connectivity index (χ2n) is 10.2. The second-order valence-corrected chi connectivity index (χ2v) is 10.2. The number of carbonyl (C=O) groups excluding carboxylic acids is 1. The fourth-order valence-corrected chi connectivity index (χ4v) is 4.49. The van der Waals surface area contributed by atoms with Crippen molar-refractivity contribution in [3.8, 4) is 0 Å². The van der Waals surface area contributed by atoms with E-state index in [-0.39, 0.29) is 11.3 Å². The number of aliphatic hydroxyl groups is 1. The highest BCUT2D eigenvalue weighted by atomic mass is 16.3. The minimum atomic E-state index is -0.474. The number of carbonyl (C=O) groups is 1. The fourth-order valence-electron chi connectivity index (χ4n) is 4.49. The topological polar surface area (TPSA) is 43.8 Å². The summed E-state index contributed by atoms with van der Waals surface area (Å²) in [6.45, 7) is 14.1. The van der Waals surface area contributed by atoms with Gasteiger partial charge in [-0.3, -0.25) is 9.69 Å². The summed E-state index contributed by atoms with van der Waals surface area (Å²) in [5.74, 6) is 0.173. The van der Waals surface area contributed by atoms with E-state index in [1.54, 1.807) is 0 Å². The van der Waals surface area contributed by atoms with Crippen molar-refractivity contribution in [2.75, 3.05) is 31.1 Å². The van der Waals surface area contributed by atoms with Gasteiger partial charge in [0.25, 0.3) is 0 Å². The lowest BCUT2D eigenvalue weighted by Gasteiger charge is -2.39. The molecule has 1 amide bonds. The molecule has 2 aliphatic heterocycles. The number of hydrogen-bond acceptors (Lipinski definition) is 3. The van der Waals surface area contributed by atoms with Crippen LogP contribution >= 0.6 is 0 Å². The van der Waals surface area contributed by atoms with Crippen LogP contribution in [0.2, 0.25) is 0 Å². The molecule has 0 radical (unpaired) electrons. The molecule has 0 unspecified atom stereocenters. The summed E-state index contributed by atoms with van der Waals surface area (Å²) in [7, 11) is 0. The molecular weight excluding hydrogens is 336 g/mol. The van der Waals surface area contributed by atoms with Crippen LogP contribution in [0.4, 0.5) is 5.69 Å². The van der Waals surface area contributed by atoms with Crippen LogP contribution in [0.1, 0.15) is 71.1 Å². The van der Waals surface area contributed by atoms with E-state index in [1.807, 2.05) is 37.8 Å². The van der Waals surface area contributed by atoms with Gasteiger partial charge in [-0.1, -0.05) is 46.8 Å². The maximum absolute atomic E-state index is 12.8. The van der Waals surface area contributed by atoms with Crippen molar-refractivity contribution in [3.05, 3.63) is 29.3 Å². The van der Waals surface area contributed by atoms with E-state index in [9.17, 15) is 9.90 Å². The number of rotatable bonds is 3. The minimum absolute atomic E-state index is 0.173. The van der Waals surface area contributed by atoms with Crippen LogP contribution in [0.25, 0.3) is 0 Å². The Morgan fingerprint density at radius 1 is 1.22 bits per heavy atom. The van der Waals surface area contributed by atoms with Crippen molar-refractivity contribution in [2.45, 2.75) is 66.4 Å². The predicted octanol–water partition coefficient (Wildman–Crippen LogP) is 4.17. The number of benzene rings is 1. The number of likely N-dealkylation sites (tertiary alicyclic amines) is 1. The molecule has 0 bridgehead atoms. The average molecular weight is 373 g/mol. The summed E-state index contributed by atoms with van der Waals surface area (Å²) >= 11 is 0. The van der Waals surface area contributed by atoms with Crippen molar-refractivity contribution in [1.29, 1.82) is 0 Å². The van der Waals surface area contributed by atoms with Crippen LogP contribution in [-0.2, 0) is 11.2 Å². The van der Waals surface area contributed by atoms with Gasteiger partial charge in [0.1, 0.15) is 0 Å². The quantitative estimate of drug-likeness (QED) is 0.866. The monoisotopic (exact) mass is 372 g/mol. The Bertz CT molecular complexity index is 690. The number of fused-ring (bicyclic) bond motifs is 1. The minimum Gasteiger partial charge on any atom is -0.387 e. The lowest BCUT2D eigenvalue weighted by atomic mass is 9.84. The van der Waals surface area contributed by atoms with E-state index in [2.05, 4.69) is 24.8 Å². The zero-order valence-electron chi connectivity index (χ0n) is 17.7. The van der Waals surface area contributed by atoms with Gasteiger partial charge in [-0.2, -0.15) is 0 Å². The van der Waals surface area contributed by atoms with E-state index in [4.69, 9.17) is 0 Å². The highest BCUT2D eigenvalue weighted by molar-refractivity contribution is 5.98. The number of anilines is 1. The molecule has 0 aliphatic carbocycles. The molecule has 0 saturated carbocycles. The van der Waals surface area contributed by atoms with Crippen molar-refractivity contribution in [2.24, 2.45) is 10.8 Å². The van der Waals surface area contributed by atoms with Crippen LogP contribution in [0, 0.1) is 10.8 Å². The van der Waals surface area contributed by atoms with Crippen LogP contribution < -0.4 is 4.90 Å². The molecule has 1 fully saturated rings. The summed E-state index contributed by atoms with van der Waals surface area (Å²) < 4.78 is 0. The van der Waals surface area contributed by atoms with Crippen molar-refractivity contribution < 1.29 is 9.90 Å². The lowest BCUT2D eigenvalue weighted by Crippen LogP contribution is -2.42. The molecule has 1 aromatic rings. The number of aliphatic hydroxyl groups excluding tert-OH is 1. The molecule has 27 heavy (non-hydrogen) atoms. The standard InChI is InChI=1S/C23H36N2O2/c1-22(2,3)21(27)25-13-6-8-17-14-18(9-10-19(17)25)20(26)15-24-12-7-11-23(4,5)16-24/h9-10,14,20,26H,6-8,11-13,15-16H2,1-5H3/t20-/m0/s1. The van der Waals surface area contributed by atoms with E-state index < -0.39 is 6.10 Å². The first-order chi connectivity index (χ1) is 12.6. The Balaban J connectivity index is 1.74. The van der Waals surface area contributed by atoms with E-state index in [0.29, 0.717) is 12.0 Å². The molecule has 4 heteroatoms. The maximum atomic E-state index is 12.8. The molecule has 1 atom stereocenters. The third kappa shape index (κ3) is 4.72. The Hall–Kier alpha value is -1.39. The van der Waals surface area contributed by atoms with Gasteiger partial charge in [-0.15, -0.1) is 0 Å². The molecule has 1 aromatic carbocycles. The second kappa shape index (κ2) is 7.56. The zero-order valence-corrected chi connectivity index (χ0v) is 17.7. The third-order valence-corrected chi connectivity index (χ3v) is 5.90. The largest absolute Gasteiger partial charge is 0.387 e. The number of hydrogen-bond donors (Lipinski definition) is 1. The smallest absolute Gasteiger partial charge is 0.232 e. The number of amides is 1. The van der Waals surface area contributed by atoms with Crippen molar-refractivity contribution in [3.63, 3.8) is 0 Å². The van der Waals surface area contributed by atoms with Gasteiger partial charge < -0.3 is 10.0 Å². The van der Waals surface area contributed by atoms with Gasteiger partial charge in [0.2, 0.25) is 5.91 Å². The van der Waals surface area contributed by atoms with Crippen LogP contribution in [0.15, 0.2) is 18.2 Å². The van der Waals surface area contributed by atoms with Gasteiger partial charge in [-0.25, -0.2) is 0 Å². The Labute approximate surface area is 164 Å². The summed E-state index contributed by atoms with van der Waals surface area (Å²) in [5.41, 5.74) is 3.14. The zero-order chi connectivity index (χ0) is 19.8. The number of β-amino-alcohol motifs (C(OH)–C–C–N with tert-alkyl or cyclic N) is 1. The molecule has 0 spiro atoms. The first kappa shape index (κ1) is 20.3. The Morgan fingerprint density at radius 3 is 2.63 bits per heavy atom. The molecular formula is C23H36N2O2. The first-order valence-corrected chi connectivity index (χ1v) is 10.4. The van der Waals surface area contributed by atoms with Gasteiger partial charge in [0, 0.05) is 30.7 Å². The third-order valence-electron chi connectivity index (χ3n) is 5.90.